The van der Waals surface area contributed by atoms with Crippen LogP contribution in [-0.2, 0) is 15.8 Å². The molecule has 29 heavy (non-hydrogen) atoms. The first kappa shape index (κ1) is 21.4. The maximum absolute atomic E-state index is 13.2. The summed E-state index contributed by atoms with van der Waals surface area (Å²) in [4.78, 5) is 28.8. The Hall–Kier alpha value is -2.29. The molecule has 0 atom stereocenters. The van der Waals surface area contributed by atoms with Gasteiger partial charge in [0.25, 0.3) is 5.91 Å². The number of carbonyl (C=O) groups excluding carboxylic acids is 2. The molecule has 2 heterocycles. The van der Waals surface area contributed by atoms with Gasteiger partial charge in [-0.3, -0.25) is 9.59 Å². The molecule has 2 saturated heterocycles. The highest BCUT2D eigenvalue weighted by atomic mass is 19.4. The minimum absolute atomic E-state index is 0.0173. The summed E-state index contributed by atoms with van der Waals surface area (Å²) in [6.45, 7) is 5.69. The number of quaternary nitrogens is 1. The Kier molecular flexibility index (Phi) is 6.66. The molecule has 0 spiro atoms. The number of anilines is 2. The van der Waals surface area contributed by atoms with Crippen LogP contribution < -0.4 is 15.1 Å². The molecule has 2 aliphatic heterocycles. The second-order valence-corrected chi connectivity index (χ2v) is 7.76. The molecule has 1 aromatic rings. The minimum atomic E-state index is -4.46. The molecule has 0 aromatic heterocycles. The van der Waals surface area contributed by atoms with Crippen LogP contribution in [-0.4, -0.2) is 62.5 Å². The van der Waals surface area contributed by atoms with E-state index in [4.69, 9.17) is 0 Å². The first-order chi connectivity index (χ1) is 13.7. The molecule has 1 aromatic carbocycles. The lowest BCUT2D eigenvalue weighted by Crippen LogP contribution is -3.15. The second kappa shape index (κ2) is 9.02. The average Bonchev–Trinajstić information content (AvgIpc) is 2.68. The van der Waals surface area contributed by atoms with E-state index in [-0.39, 0.29) is 24.0 Å². The molecule has 2 amide bonds. The highest BCUT2D eigenvalue weighted by Crippen LogP contribution is 2.36. The molecule has 0 aliphatic carbocycles. The number of benzene rings is 1. The molecular formula is C20H28F3N4O2+. The summed E-state index contributed by atoms with van der Waals surface area (Å²) in [5.41, 5.74) is 0.0897. The van der Waals surface area contributed by atoms with E-state index < -0.39 is 11.7 Å². The summed E-state index contributed by atoms with van der Waals surface area (Å²) in [5, 5.41) is 2.72. The Morgan fingerprint density at radius 2 is 1.72 bits per heavy atom. The van der Waals surface area contributed by atoms with E-state index in [1.165, 1.54) is 13.0 Å². The molecule has 2 fully saturated rings. The Morgan fingerprint density at radius 3 is 2.31 bits per heavy atom. The maximum Gasteiger partial charge on any atom is 0.416 e. The lowest BCUT2D eigenvalue weighted by atomic mass is 10.1. The molecular weight excluding hydrogens is 385 g/mol. The Bertz CT molecular complexity index is 740. The van der Waals surface area contributed by atoms with Crippen LogP contribution in [0.5, 0.6) is 0 Å². The molecule has 0 unspecified atom stereocenters. The first-order valence-corrected chi connectivity index (χ1v) is 10.1. The van der Waals surface area contributed by atoms with Crippen LogP contribution in [0.3, 0.4) is 0 Å². The van der Waals surface area contributed by atoms with Gasteiger partial charge < -0.3 is 20.0 Å². The quantitative estimate of drug-likeness (QED) is 0.784. The highest BCUT2D eigenvalue weighted by molar-refractivity contribution is 5.95. The van der Waals surface area contributed by atoms with Crippen molar-refractivity contribution < 1.29 is 27.7 Å². The summed E-state index contributed by atoms with van der Waals surface area (Å²) in [6, 6.07) is 3.57. The summed E-state index contributed by atoms with van der Waals surface area (Å²) in [7, 11) is 0. The van der Waals surface area contributed by atoms with Crippen molar-refractivity contribution in [1.82, 2.24) is 4.90 Å². The average molecular weight is 413 g/mol. The number of rotatable bonds is 4. The van der Waals surface area contributed by atoms with Crippen molar-refractivity contribution in [1.29, 1.82) is 0 Å². The third-order valence-electron chi connectivity index (χ3n) is 5.62. The third-order valence-corrected chi connectivity index (χ3v) is 5.62. The van der Waals surface area contributed by atoms with Crippen LogP contribution in [0.1, 0.15) is 31.7 Å². The highest BCUT2D eigenvalue weighted by Gasteiger charge is 2.32. The molecule has 2 N–H and O–H groups in total. The molecule has 0 bridgehead atoms. The number of amides is 2. The molecule has 160 valence electrons. The van der Waals surface area contributed by atoms with Gasteiger partial charge in [-0.15, -0.1) is 0 Å². The first-order valence-electron chi connectivity index (χ1n) is 10.1. The molecule has 2 aliphatic rings. The largest absolute Gasteiger partial charge is 0.416 e. The molecule has 3 rings (SSSR count). The van der Waals surface area contributed by atoms with Gasteiger partial charge in [0.15, 0.2) is 6.54 Å². The van der Waals surface area contributed by atoms with Crippen molar-refractivity contribution in [3.05, 3.63) is 23.8 Å². The van der Waals surface area contributed by atoms with Crippen LogP contribution in [0.2, 0.25) is 0 Å². The van der Waals surface area contributed by atoms with Crippen LogP contribution in [0, 0.1) is 0 Å². The van der Waals surface area contributed by atoms with E-state index in [1.807, 2.05) is 4.90 Å². The van der Waals surface area contributed by atoms with E-state index in [9.17, 15) is 22.8 Å². The lowest BCUT2D eigenvalue weighted by Gasteiger charge is -2.32. The van der Waals surface area contributed by atoms with Crippen LogP contribution >= 0.6 is 0 Å². The SMILES string of the molecule is CC(=O)N1CC[NH+](CC(=O)Nc2cc(C(F)(F)F)ccc2N2CCCCC2)CC1. The zero-order valence-electron chi connectivity index (χ0n) is 16.6. The van der Waals surface area contributed by atoms with E-state index in [2.05, 4.69) is 5.32 Å². The topological polar surface area (TPSA) is 57.1 Å². The van der Waals surface area contributed by atoms with Crippen molar-refractivity contribution >= 4 is 23.2 Å². The Labute approximate surface area is 168 Å². The van der Waals surface area contributed by atoms with Crippen molar-refractivity contribution in [2.45, 2.75) is 32.4 Å². The summed E-state index contributed by atoms with van der Waals surface area (Å²) >= 11 is 0. The number of nitrogens with zero attached hydrogens (tertiary/aromatic N) is 2. The number of nitrogens with one attached hydrogen (secondary N) is 2. The van der Waals surface area contributed by atoms with Gasteiger partial charge in [0, 0.05) is 20.0 Å². The summed E-state index contributed by atoms with van der Waals surface area (Å²) in [6.07, 6.45) is -1.39. The van der Waals surface area contributed by atoms with Gasteiger partial charge in [-0.05, 0) is 37.5 Å². The van der Waals surface area contributed by atoms with Gasteiger partial charge in [0.05, 0.1) is 43.1 Å². The fourth-order valence-electron chi connectivity index (χ4n) is 3.96. The molecule has 0 radical (unpaired) electrons. The Balaban J connectivity index is 1.70. The predicted octanol–water partition coefficient (Wildman–Crippen LogP) is 1.38. The van der Waals surface area contributed by atoms with Gasteiger partial charge in [-0.2, -0.15) is 13.2 Å². The lowest BCUT2D eigenvalue weighted by molar-refractivity contribution is -0.895. The van der Waals surface area contributed by atoms with Gasteiger partial charge in [0.2, 0.25) is 5.91 Å². The van der Waals surface area contributed by atoms with E-state index >= 15 is 0 Å². The normalized spacial score (nSPS) is 18.6. The van der Waals surface area contributed by atoms with Crippen molar-refractivity contribution in [2.75, 3.05) is 56.0 Å². The minimum Gasteiger partial charge on any atom is -0.370 e. The smallest absolute Gasteiger partial charge is 0.370 e. The fourth-order valence-corrected chi connectivity index (χ4v) is 3.96. The van der Waals surface area contributed by atoms with Gasteiger partial charge in [-0.1, -0.05) is 0 Å². The van der Waals surface area contributed by atoms with Crippen LogP contribution in [0.25, 0.3) is 0 Å². The van der Waals surface area contributed by atoms with E-state index in [1.54, 1.807) is 4.90 Å². The van der Waals surface area contributed by atoms with Gasteiger partial charge >= 0.3 is 6.18 Å². The fraction of sp³-hybridized carbons (Fsp3) is 0.600. The van der Waals surface area contributed by atoms with Crippen molar-refractivity contribution in [2.24, 2.45) is 0 Å². The predicted molar refractivity (Wildman–Crippen MR) is 104 cm³/mol. The number of hydrogen-bond acceptors (Lipinski definition) is 3. The monoisotopic (exact) mass is 413 g/mol. The number of hydrogen-bond donors (Lipinski definition) is 2. The third kappa shape index (κ3) is 5.62. The van der Waals surface area contributed by atoms with E-state index in [0.717, 1.165) is 49.4 Å². The second-order valence-electron chi connectivity index (χ2n) is 7.76. The van der Waals surface area contributed by atoms with Crippen molar-refractivity contribution in [3.8, 4) is 0 Å². The zero-order chi connectivity index (χ0) is 21.0. The van der Waals surface area contributed by atoms with Gasteiger partial charge in [-0.25, -0.2) is 0 Å². The Morgan fingerprint density at radius 1 is 1.07 bits per heavy atom. The molecule has 9 heteroatoms. The number of piperazine rings is 1. The maximum atomic E-state index is 13.2. The standard InChI is InChI=1S/C20H27F3N4O2/c1-15(28)26-11-9-25(10-12-26)14-19(29)24-17-13-16(20(21,22)23)5-6-18(17)27-7-3-2-4-8-27/h5-6,13H,2-4,7-12,14H2,1H3,(H,24,29)/p+1. The van der Waals surface area contributed by atoms with E-state index in [0.29, 0.717) is 31.9 Å². The number of alkyl halides is 3. The zero-order valence-corrected chi connectivity index (χ0v) is 16.6. The van der Waals surface area contributed by atoms with Crippen LogP contribution in [0.4, 0.5) is 24.5 Å². The number of halogens is 3. The summed E-state index contributed by atoms with van der Waals surface area (Å²) < 4.78 is 39.6. The summed E-state index contributed by atoms with van der Waals surface area (Å²) in [5.74, 6) is -0.294. The number of carbonyl (C=O) groups is 2. The van der Waals surface area contributed by atoms with Crippen LogP contribution in [0.15, 0.2) is 18.2 Å². The van der Waals surface area contributed by atoms with Crippen molar-refractivity contribution in [3.63, 3.8) is 0 Å². The molecule has 6 nitrogen and oxygen atoms in total. The number of piperidine rings is 1. The van der Waals surface area contributed by atoms with Gasteiger partial charge in [0.1, 0.15) is 0 Å². The molecule has 0 saturated carbocycles.